The summed E-state index contributed by atoms with van der Waals surface area (Å²) in [5, 5.41) is 2.60. The van der Waals surface area contributed by atoms with Gasteiger partial charge in [-0.3, -0.25) is 4.79 Å². The maximum absolute atomic E-state index is 13.6. The van der Waals surface area contributed by atoms with Crippen molar-refractivity contribution in [3.05, 3.63) is 64.4 Å². The van der Waals surface area contributed by atoms with Gasteiger partial charge in [-0.1, -0.05) is 53.2 Å². The highest BCUT2D eigenvalue weighted by Gasteiger charge is 2.12. The predicted octanol–water partition coefficient (Wildman–Crippen LogP) is 4.72. The standard InChI is InChI=1S/C16H15BrFNO/c1-11(12-5-3-2-4-6-12)9-16(20)19-15-8-7-13(17)10-14(15)18/h2-8,10-11H,9H2,1H3,(H,19,20). The Balaban J connectivity index is 1.99. The number of carbonyl (C=O) groups excluding carboxylic acids is 1. The number of carbonyl (C=O) groups is 1. The van der Waals surface area contributed by atoms with E-state index < -0.39 is 5.82 Å². The zero-order valence-corrected chi connectivity index (χ0v) is 12.7. The van der Waals surface area contributed by atoms with Crippen molar-refractivity contribution >= 4 is 27.5 Å². The van der Waals surface area contributed by atoms with E-state index in [1.807, 2.05) is 37.3 Å². The lowest BCUT2D eigenvalue weighted by molar-refractivity contribution is -0.116. The van der Waals surface area contributed by atoms with E-state index in [0.717, 1.165) is 5.56 Å². The van der Waals surface area contributed by atoms with E-state index in [9.17, 15) is 9.18 Å². The molecule has 2 aromatic rings. The Hall–Kier alpha value is -1.68. The molecule has 104 valence electrons. The lowest BCUT2D eigenvalue weighted by Crippen LogP contribution is -2.15. The van der Waals surface area contributed by atoms with E-state index in [1.54, 1.807) is 12.1 Å². The SMILES string of the molecule is CC(CC(=O)Nc1ccc(Br)cc1F)c1ccccc1. The predicted molar refractivity (Wildman–Crippen MR) is 82.2 cm³/mol. The third kappa shape index (κ3) is 3.90. The Kier molecular flexibility index (Phi) is 4.90. The van der Waals surface area contributed by atoms with Crippen LogP contribution in [0.5, 0.6) is 0 Å². The molecule has 2 rings (SSSR count). The molecule has 0 bridgehead atoms. The van der Waals surface area contributed by atoms with Crippen LogP contribution in [0.3, 0.4) is 0 Å². The topological polar surface area (TPSA) is 29.1 Å². The molecule has 2 nitrogen and oxygen atoms in total. The number of anilines is 1. The normalized spacial score (nSPS) is 11.9. The summed E-state index contributed by atoms with van der Waals surface area (Å²) in [6.45, 7) is 1.98. The van der Waals surface area contributed by atoms with E-state index in [4.69, 9.17) is 0 Å². The Labute approximate surface area is 126 Å². The van der Waals surface area contributed by atoms with Crippen LogP contribution >= 0.6 is 15.9 Å². The van der Waals surface area contributed by atoms with Crippen molar-refractivity contribution in [3.63, 3.8) is 0 Å². The Morgan fingerprint density at radius 3 is 2.60 bits per heavy atom. The molecule has 0 aliphatic heterocycles. The van der Waals surface area contributed by atoms with Gasteiger partial charge in [0.1, 0.15) is 5.82 Å². The van der Waals surface area contributed by atoms with Crippen LogP contribution in [0.1, 0.15) is 24.8 Å². The van der Waals surface area contributed by atoms with Gasteiger partial charge in [0.05, 0.1) is 5.69 Å². The first-order chi connectivity index (χ1) is 9.56. The molecule has 1 amide bonds. The van der Waals surface area contributed by atoms with Crippen molar-refractivity contribution in [2.24, 2.45) is 0 Å². The molecule has 2 aromatic carbocycles. The van der Waals surface area contributed by atoms with Gasteiger partial charge < -0.3 is 5.32 Å². The number of hydrogen-bond acceptors (Lipinski definition) is 1. The average molecular weight is 336 g/mol. The van der Waals surface area contributed by atoms with Crippen LogP contribution in [-0.2, 0) is 4.79 Å². The molecule has 0 heterocycles. The maximum Gasteiger partial charge on any atom is 0.225 e. The fourth-order valence-electron chi connectivity index (χ4n) is 1.97. The molecule has 4 heteroatoms. The Morgan fingerprint density at radius 2 is 1.95 bits per heavy atom. The summed E-state index contributed by atoms with van der Waals surface area (Å²) in [5.74, 6) is -0.544. The van der Waals surface area contributed by atoms with Gasteiger partial charge >= 0.3 is 0 Å². The van der Waals surface area contributed by atoms with Gasteiger partial charge in [-0.25, -0.2) is 4.39 Å². The lowest BCUT2D eigenvalue weighted by Gasteiger charge is -2.12. The molecule has 0 aliphatic carbocycles. The van der Waals surface area contributed by atoms with Crippen molar-refractivity contribution in [1.29, 1.82) is 0 Å². The van der Waals surface area contributed by atoms with Gasteiger partial charge in [0.25, 0.3) is 0 Å². The van der Waals surface area contributed by atoms with Gasteiger partial charge in [-0.05, 0) is 29.7 Å². The summed E-state index contributed by atoms with van der Waals surface area (Å²) in [7, 11) is 0. The molecule has 1 N–H and O–H groups in total. The zero-order chi connectivity index (χ0) is 14.5. The van der Waals surface area contributed by atoms with Crippen LogP contribution in [0.25, 0.3) is 0 Å². The Bertz CT molecular complexity index is 601. The second kappa shape index (κ2) is 6.66. The van der Waals surface area contributed by atoms with E-state index in [1.165, 1.54) is 6.07 Å². The van der Waals surface area contributed by atoms with E-state index in [0.29, 0.717) is 10.9 Å². The van der Waals surface area contributed by atoms with Crippen LogP contribution in [0.4, 0.5) is 10.1 Å². The first kappa shape index (κ1) is 14.7. The molecule has 0 radical (unpaired) electrons. The summed E-state index contributed by atoms with van der Waals surface area (Å²) in [5.41, 5.74) is 1.30. The number of nitrogens with one attached hydrogen (secondary N) is 1. The molecule has 20 heavy (non-hydrogen) atoms. The summed E-state index contributed by atoms with van der Waals surface area (Å²) >= 11 is 3.18. The summed E-state index contributed by atoms with van der Waals surface area (Å²) < 4.78 is 14.3. The van der Waals surface area contributed by atoms with Crippen molar-refractivity contribution in [3.8, 4) is 0 Å². The smallest absolute Gasteiger partial charge is 0.225 e. The molecular formula is C16H15BrFNO. The van der Waals surface area contributed by atoms with Crippen molar-refractivity contribution in [2.75, 3.05) is 5.32 Å². The molecule has 1 atom stereocenters. The van der Waals surface area contributed by atoms with Crippen LogP contribution in [0, 0.1) is 5.82 Å². The number of hydrogen-bond donors (Lipinski definition) is 1. The Morgan fingerprint density at radius 1 is 1.25 bits per heavy atom. The highest BCUT2D eigenvalue weighted by molar-refractivity contribution is 9.10. The van der Waals surface area contributed by atoms with E-state index >= 15 is 0 Å². The molecule has 1 unspecified atom stereocenters. The zero-order valence-electron chi connectivity index (χ0n) is 11.1. The minimum absolute atomic E-state index is 0.0923. The van der Waals surface area contributed by atoms with Crippen LogP contribution in [0.2, 0.25) is 0 Å². The summed E-state index contributed by atoms with van der Waals surface area (Å²) in [4.78, 5) is 11.9. The second-order valence-corrected chi connectivity index (χ2v) is 5.60. The van der Waals surface area contributed by atoms with Crippen molar-refractivity contribution in [1.82, 2.24) is 0 Å². The number of benzene rings is 2. The first-order valence-electron chi connectivity index (χ1n) is 6.36. The third-order valence-electron chi connectivity index (χ3n) is 3.07. The largest absolute Gasteiger partial charge is 0.324 e. The van der Waals surface area contributed by atoms with Crippen LogP contribution in [-0.4, -0.2) is 5.91 Å². The second-order valence-electron chi connectivity index (χ2n) is 4.69. The third-order valence-corrected chi connectivity index (χ3v) is 3.56. The quantitative estimate of drug-likeness (QED) is 0.860. The fourth-order valence-corrected chi connectivity index (χ4v) is 2.30. The first-order valence-corrected chi connectivity index (χ1v) is 7.15. The maximum atomic E-state index is 13.6. The molecule has 0 saturated heterocycles. The highest BCUT2D eigenvalue weighted by atomic mass is 79.9. The van der Waals surface area contributed by atoms with E-state index in [-0.39, 0.29) is 17.5 Å². The monoisotopic (exact) mass is 335 g/mol. The molecular weight excluding hydrogens is 321 g/mol. The number of halogens is 2. The van der Waals surface area contributed by atoms with Gasteiger partial charge in [-0.2, -0.15) is 0 Å². The lowest BCUT2D eigenvalue weighted by atomic mass is 9.97. The minimum Gasteiger partial charge on any atom is -0.324 e. The highest BCUT2D eigenvalue weighted by Crippen LogP contribution is 2.22. The van der Waals surface area contributed by atoms with E-state index in [2.05, 4.69) is 21.2 Å². The molecule has 0 aliphatic rings. The van der Waals surface area contributed by atoms with Crippen LogP contribution in [0.15, 0.2) is 53.0 Å². The van der Waals surface area contributed by atoms with Gasteiger partial charge in [0.15, 0.2) is 0 Å². The minimum atomic E-state index is -0.444. The molecule has 0 spiro atoms. The fraction of sp³-hybridized carbons (Fsp3) is 0.188. The number of rotatable bonds is 4. The summed E-state index contributed by atoms with van der Waals surface area (Å²) in [6.07, 6.45) is 0.319. The van der Waals surface area contributed by atoms with Crippen molar-refractivity contribution in [2.45, 2.75) is 19.3 Å². The van der Waals surface area contributed by atoms with Crippen LogP contribution < -0.4 is 5.32 Å². The van der Waals surface area contributed by atoms with Gasteiger partial charge in [-0.15, -0.1) is 0 Å². The summed E-state index contributed by atoms with van der Waals surface area (Å²) in [6, 6.07) is 14.4. The molecule has 0 aromatic heterocycles. The molecule has 0 saturated carbocycles. The number of amides is 1. The van der Waals surface area contributed by atoms with Gasteiger partial charge in [0, 0.05) is 10.9 Å². The molecule has 0 fully saturated rings. The average Bonchev–Trinajstić information content (AvgIpc) is 2.43. The van der Waals surface area contributed by atoms with Crippen molar-refractivity contribution < 1.29 is 9.18 Å². The van der Waals surface area contributed by atoms with Gasteiger partial charge in [0.2, 0.25) is 5.91 Å².